The van der Waals surface area contributed by atoms with E-state index in [2.05, 4.69) is 25.5 Å². The molecule has 1 amide bonds. The number of hydrogen-bond acceptors (Lipinski definition) is 8. The molecule has 2 aromatic heterocycles. The largest absolute Gasteiger partial charge is 0.506 e. The van der Waals surface area contributed by atoms with E-state index in [9.17, 15) is 19.4 Å². The van der Waals surface area contributed by atoms with Gasteiger partial charge in [-0.1, -0.05) is 12.8 Å². The standard InChI is InChI=1S/C25H32FN5O3S/c1-31(2)11-5-10-27-24(34)22-17(12-15-6-3-4-7-19(15)32)21-23(28-14-29-25(21)35-22)30-18-9-8-16(26)13-20(18)33/h8-9,13-15,19,32-33H,3-7,10-12H2,1-2H3,(H,27,34)(H,28,29,30). The lowest BCUT2D eigenvalue weighted by Crippen LogP contribution is -2.29. The zero-order valence-corrected chi connectivity index (χ0v) is 20.9. The Balaban J connectivity index is 1.70. The van der Waals surface area contributed by atoms with Crippen LogP contribution < -0.4 is 10.6 Å². The zero-order chi connectivity index (χ0) is 24.9. The van der Waals surface area contributed by atoms with Crippen molar-refractivity contribution in [1.82, 2.24) is 20.2 Å². The lowest BCUT2D eigenvalue weighted by Gasteiger charge is -2.27. The van der Waals surface area contributed by atoms with E-state index in [4.69, 9.17) is 0 Å². The molecule has 1 fully saturated rings. The highest BCUT2D eigenvalue weighted by Crippen LogP contribution is 2.39. The molecule has 4 rings (SSSR count). The number of rotatable bonds is 9. The summed E-state index contributed by atoms with van der Waals surface area (Å²) in [6, 6.07) is 3.72. The number of carbonyl (C=O) groups excluding carboxylic acids is 1. The molecule has 2 heterocycles. The zero-order valence-electron chi connectivity index (χ0n) is 20.1. The first-order chi connectivity index (χ1) is 16.8. The average molecular weight is 502 g/mol. The van der Waals surface area contributed by atoms with Gasteiger partial charge in [-0.2, -0.15) is 0 Å². The fraction of sp³-hybridized carbons (Fsp3) is 0.480. The van der Waals surface area contributed by atoms with Crippen molar-refractivity contribution in [3.8, 4) is 5.75 Å². The number of aromatic nitrogens is 2. The third-order valence-corrected chi connectivity index (χ3v) is 7.55. The van der Waals surface area contributed by atoms with Crippen molar-refractivity contribution >= 4 is 39.0 Å². The van der Waals surface area contributed by atoms with Gasteiger partial charge in [0.25, 0.3) is 5.91 Å². The second kappa shape index (κ2) is 11.3. The number of aliphatic hydroxyl groups is 1. The number of carbonyl (C=O) groups is 1. The van der Waals surface area contributed by atoms with E-state index in [1.807, 2.05) is 14.1 Å². The van der Waals surface area contributed by atoms with Gasteiger partial charge >= 0.3 is 0 Å². The van der Waals surface area contributed by atoms with E-state index in [0.29, 0.717) is 39.6 Å². The highest BCUT2D eigenvalue weighted by Gasteiger charge is 2.29. The predicted octanol–water partition coefficient (Wildman–Crippen LogP) is 4.05. The van der Waals surface area contributed by atoms with Crippen LogP contribution in [0.4, 0.5) is 15.9 Å². The maximum atomic E-state index is 13.5. The SMILES string of the molecule is CN(C)CCCNC(=O)c1sc2ncnc(Nc3ccc(F)cc3O)c2c1CC1CCCCC1O. The van der Waals surface area contributed by atoms with Crippen LogP contribution in [0.3, 0.4) is 0 Å². The van der Waals surface area contributed by atoms with Crippen molar-refractivity contribution in [2.75, 3.05) is 32.5 Å². The third kappa shape index (κ3) is 6.06. The van der Waals surface area contributed by atoms with Gasteiger partial charge in [-0.05, 0) is 69.9 Å². The monoisotopic (exact) mass is 501 g/mol. The maximum absolute atomic E-state index is 13.5. The van der Waals surface area contributed by atoms with Gasteiger partial charge in [0.1, 0.15) is 28.5 Å². The first kappa shape index (κ1) is 25.3. The highest BCUT2D eigenvalue weighted by atomic mass is 32.1. The highest BCUT2D eigenvalue weighted by molar-refractivity contribution is 7.20. The smallest absolute Gasteiger partial charge is 0.261 e. The van der Waals surface area contributed by atoms with Gasteiger partial charge in [0.15, 0.2) is 0 Å². The Bertz CT molecular complexity index is 1190. The summed E-state index contributed by atoms with van der Waals surface area (Å²) in [5.74, 6) is -0.483. The molecule has 1 aliphatic carbocycles. The number of thiophene rings is 1. The molecule has 0 saturated heterocycles. The molecule has 1 saturated carbocycles. The molecule has 188 valence electrons. The predicted molar refractivity (Wildman–Crippen MR) is 136 cm³/mol. The van der Waals surface area contributed by atoms with E-state index in [1.165, 1.54) is 29.8 Å². The first-order valence-corrected chi connectivity index (χ1v) is 12.8. The van der Waals surface area contributed by atoms with Crippen molar-refractivity contribution in [3.05, 3.63) is 40.8 Å². The molecular weight excluding hydrogens is 469 g/mol. The summed E-state index contributed by atoms with van der Waals surface area (Å²) >= 11 is 1.30. The lowest BCUT2D eigenvalue weighted by molar-refractivity contribution is 0.0699. The summed E-state index contributed by atoms with van der Waals surface area (Å²) in [5, 5.41) is 27.6. The van der Waals surface area contributed by atoms with Crippen molar-refractivity contribution in [1.29, 1.82) is 0 Å². The molecule has 0 aliphatic heterocycles. The normalized spacial score (nSPS) is 18.2. The van der Waals surface area contributed by atoms with Crippen LogP contribution in [0.2, 0.25) is 0 Å². The molecule has 8 nitrogen and oxygen atoms in total. The van der Waals surface area contributed by atoms with Crippen molar-refractivity contribution in [2.24, 2.45) is 5.92 Å². The van der Waals surface area contributed by atoms with E-state index in [-0.39, 0.29) is 17.6 Å². The van der Waals surface area contributed by atoms with Gasteiger partial charge in [-0.15, -0.1) is 11.3 Å². The van der Waals surface area contributed by atoms with E-state index in [0.717, 1.165) is 50.3 Å². The minimum atomic E-state index is -0.545. The second-order valence-electron chi connectivity index (χ2n) is 9.33. The lowest BCUT2D eigenvalue weighted by atomic mass is 9.82. The number of amides is 1. The fourth-order valence-corrected chi connectivity index (χ4v) is 5.66. The van der Waals surface area contributed by atoms with Crippen LogP contribution in [0.15, 0.2) is 24.5 Å². The van der Waals surface area contributed by atoms with E-state index >= 15 is 0 Å². The molecule has 0 spiro atoms. The van der Waals surface area contributed by atoms with Gasteiger partial charge in [-0.3, -0.25) is 4.79 Å². The van der Waals surface area contributed by atoms with Gasteiger partial charge in [0, 0.05) is 12.6 Å². The van der Waals surface area contributed by atoms with Crippen molar-refractivity contribution in [2.45, 2.75) is 44.6 Å². The maximum Gasteiger partial charge on any atom is 0.261 e. The fourth-order valence-electron chi connectivity index (χ4n) is 4.57. The Morgan fingerprint density at radius 3 is 2.80 bits per heavy atom. The molecule has 0 bridgehead atoms. The third-order valence-electron chi connectivity index (χ3n) is 6.41. The van der Waals surface area contributed by atoms with Crippen LogP contribution in [0.25, 0.3) is 10.2 Å². The van der Waals surface area contributed by atoms with Crippen molar-refractivity contribution in [3.63, 3.8) is 0 Å². The van der Waals surface area contributed by atoms with Crippen molar-refractivity contribution < 1.29 is 19.4 Å². The number of hydrogen-bond donors (Lipinski definition) is 4. The Morgan fingerprint density at radius 2 is 2.06 bits per heavy atom. The number of benzene rings is 1. The molecule has 1 aromatic carbocycles. The Morgan fingerprint density at radius 1 is 1.26 bits per heavy atom. The number of phenolic OH excluding ortho intramolecular Hbond substituents is 1. The molecule has 3 aromatic rings. The Hall–Kier alpha value is -2.82. The van der Waals surface area contributed by atoms with Crippen LogP contribution in [0, 0.1) is 11.7 Å². The number of aliphatic hydroxyl groups excluding tert-OH is 1. The number of fused-ring (bicyclic) bond motifs is 1. The number of nitrogens with one attached hydrogen (secondary N) is 2. The second-order valence-corrected chi connectivity index (χ2v) is 10.3. The summed E-state index contributed by atoms with van der Waals surface area (Å²) in [6.07, 6.45) is 6.02. The quantitative estimate of drug-likeness (QED) is 0.259. The summed E-state index contributed by atoms with van der Waals surface area (Å²) in [4.78, 5) is 25.3. The molecule has 4 N–H and O–H groups in total. The van der Waals surface area contributed by atoms with E-state index in [1.54, 1.807) is 0 Å². The number of anilines is 2. The molecule has 0 radical (unpaired) electrons. The van der Waals surface area contributed by atoms with Crippen LogP contribution in [-0.4, -0.2) is 64.3 Å². The minimum absolute atomic E-state index is 0.0362. The van der Waals surface area contributed by atoms with Gasteiger partial charge in [0.05, 0.1) is 22.1 Å². The summed E-state index contributed by atoms with van der Waals surface area (Å²) in [7, 11) is 3.99. The number of nitrogens with zero attached hydrogens (tertiary/aromatic N) is 3. The molecular formula is C25H32FN5O3S. The summed E-state index contributed by atoms with van der Waals surface area (Å²) in [6.45, 7) is 1.42. The van der Waals surface area contributed by atoms with Crippen LogP contribution >= 0.6 is 11.3 Å². The first-order valence-electron chi connectivity index (χ1n) is 12.0. The number of phenols is 1. The summed E-state index contributed by atoms with van der Waals surface area (Å²) < 4.78 is 13.5. The van der Waals surface area contributed by atoms with E-state index < -0.39 is 11.9 Å². The summed E-state index contributed by atoms with van der Waals surface area (Å²) in [5.41, 5.74) is 1.10. The number of aromatic hydroxyl groups is 1. The molecule has 1 aliphatic rings. The molecule has 2 unspecified atom stereocenters. The number of halogens is 1. The minimum Gasteiger partial charge on any atom is -0.506 e. The molecule has 2 atom stereocenters. The van der Waals surface area contributed by atoms with Crippen LogP contribution in [-0.2, 0) is 6.42 Å². The Labute approximate surface area is 208 Å². The van der Waals surface area contributed by atoms with Gasteiger partial charge in [0.2, 0.25) is 0 Å². The average Bonchev–Trinajstić information content (AvgIpc) is 3.19. The molecule has 35 heavy (non-hydrogen) atoms. The van der Waals surface area contributed by atoms with Crippen LogP contribution in [0.1, 0.15) is 47.3 Å². The molecule has 10 heteroatoms. The Kier molecular flexibility index (Phi) is 8.15. The van der Waals surface area contributed by atoms with Gasteiger partial charge < -0.3 is 25.7 Å². The topological polar surface area (TPSA) is 111 Å². The van der Waals surface area contributed by atoms with Crippen LogP contribution in [0.5, 0.6) is 5.75 Å². The van der Waals surface area contributed by atoms with Gasteiger partial charge in [-0.25, -0.2) is 14.4 Å².